The molecule has 0 amide bonds. The van der Waals surface area contributed by atoms with Crippen LogP contribution < -0.4 is 16.1 Å². The van der Waals surface area contributed by atoms with Gasteiger partial charge in [0.15, 0.2) is 0 Å². The summed E-state index contributed by atoms with van der Waals surface area (Å²) in [4.78, 5) is 2.75. The van der Waals surface area contributed by atoms with Crippen molar-refractivity contribution in [2.24, 2.45) is 11.8 Å². The maximum Gasteiger partial charge on any atom is 0.100 e. The fraction of sp³-hybridized carbons (Fsp3) is 1.00. The Morgan fingerprint density at radius 2 is 1.88 bits per heavy atom. The number of rotatable bonds is 0. The largest absolute Gasteiger partial charge is 0.310 e. The monoisotopic (exact) mass is 365 g/mol. The number of hydrazine groups is 1. The number of alkyl halides is 1. The molecule has 4 heterocycles. The van der Waals surface area contributed by atoms with Crippen molar-refractivity contribution >= 4 is 0 Å². The lowest BCUT2D eigenvalue weighted by molar-refractivity contribution is -0.00877. The van der Waals surface area contributed by atoms with Crippen LogP contribution >= 0.6 is 0 Å². The van der Waals surface area contributed by atoms with Crippen LogP contribution in [0.15, 0.2) is 0 Å². The summed E-state index contributed by atoms with van der Waals surface area (Å²) >= 11 is 0. The van der Waals surface area contributed by atoms with Gasteiger partial charge in [-0.25, -0.2) is 9.40 Å². The number of fused-ring (bicyclic) bond motifs is 5. The summed E-state index contributed by atoms with van der Waals surface area (Å²) in [7, 11) is 0. The number of nitrogens with one attached hydrogen (secondary N) is 3. The zero-order chi connectivity index (χ0) is 17.5. The minimum Gasteiger partial charge on any atom is -0.310 e. The molecule has 7 atom stereocenters. The Bertz CT molecular complexity index is 491. The molecule has 0 spiro atoms. The molecular formula is C20H36FN5. The molecule has 6 unspecified atom stereocenters. The zero-order valence-electron chi connectivity index (χ0n) is 16.0. The van der Waals surface area contributed by atoms with E-state index < -0.39 is 6.17 Å². The molecule has 4 saturated heterocycles. The Labute approximate surface area is 157 Å². The molecule has 5 fully saturated rings. The molecule has 0 aromatic heterocycles. The SMILES string of the molecule is FC1CCC2CCCCNC3CNN4CCC(NC34)N3CCC[C@@H]3C2C1. The van der Waals surface area contributed by atoms with Crippen molar-refractivity contribution in [3.8, 4) is 0 Å². The summed E-state index contributed by atoms with van der Waals surface area (Å²) in [6.07, 6.45) is 10.6. The Kier molecular flexibility index (Phi) is 5.22. The van der Waals surface area contributed by atoms with E-state index in [0.717, 1.165) is 44.8 Å². The van der Waals surface area contributed by atoms with Crippen molar-refractivity contribution < 1.29 is 4.39 Å². The third-order valence-electron chi connectivity index (χ3n) is 7.87. The van der Waals surface area contributed by atoms with E-state index in [1.807, 2.05) is 0 Å². The van der Waals surface area contributed by atoms with E-state index in [0.29, 0.717) is 30.3 Å². The molecule has 5 aliphatic rings. The van der Waals surface area contributed by atoms with E-state index in [9.17, 15) is 4.39 Å². The second-order valence-electron chi connectivity index (χ2n) is 9.31. The molecule has 1 saturated carbocycles. The zero-order valence-corrected chi connectivity index (χ0v) is 16.0. The van der Waals surface area contributed by atoms with Gasteiger partial charge in [-0.15, -0.1) is 0 Å². The van der Waals surface area contributed by atoms with Gasteiger partial charge < -0.3 is 5.32 Å². The Morgan fingerprint density at radius 3 is 2.85 bits per heavy atom. The van der Waals surface area contributed by atoms with Gasteiger partial charge in [-0.2, -0.15) is 0 Å². The van der Waals surface area contributed by atoms with Crippen LogP contribution in [0.1, 0.15) is 57.8 Å². The maximum absolute atomic E-state index is 14.3. The first-order valence-corrected chi connectivity index (χ1v) is 11.2. The molecule has 5 nitrogen and oxygen atoms in total. The molecule has 4 aliphatic heterocycles. The third kappa shape index (κ3) is 3.32. The molecule has 1 aliphatic carbocycles. The van der Waals surface area contributed by atoms with Crippen LogP contribution in [0.5, 0.6) is 0 Å². The summed E-state index contributed by atoms with van der Waals surface area (Å²) in [5, 5.41) is 10.2. The van der Waals surface area contributed by atoms with Crippen molar-refractivity contribution in [1.82, 2.24) is 26.0 Å². The smallest absolute Gasteiger partial charge is 0.100 e. The van der Waals surface area contributed by atoms with Crippen molar-refractivity contribution in [3.05, 3.63) is 0 Å². The maximum atomic E-state index is 14.3. The average molecular weight is 366 g/mol. The second-order valence-corrected chi connectivity index (χ2v) is 9.31. The molecule has 148 valence electrons. The molecule has 0 radical (unpaired) electrons. The topological polar surface area (TPSA) is 42.6 Å². The Hall–Kier alpha value is -0.270. The molecular weight excluding hydrogens is 329 g/mol. The first-order chi connectivity index (χ1) is 12.8. The van der Waals surface area contributed by atoms with Crippen LogP contribution in [0.4, 0.5) is 4.39 Å². The van der Waals surface area contributed by atoms with Gasteiger partial charge in [0.25, 0.3) is 0 Å². The molecule has 2 bridgehead atoms. The van der Waals surface area contributed by atoms with Crippen molar-refractivity contribution in [2.45, 2.75) is 88.4 Å². The number of nitrogens with zero attached hydrogens (tertiary/aromatic N) is 2. The molecule has 26 heavy (non-hydrogen) atoms. The highest BCUT2D eigenvalue weighted by Gasteiger charge is 2.45. The van der Waals surface area contributed by atoms with Gasteiger partial charge in [0, 0.05) is 19.1 Å². The predicted octanol–water partition coefficient (Wildman–Crippen LogP) is 1.81. The summed E-state index contributed by atoms with van der Waals surface area (Å²) < 4.78 is 14.3. The Balaban J connectivity index is 1.39. The molecule has 0 aromatic carbocycles. The lowest BCUT2D eigenvalue weighted by Gasteiger charge is -2.47. The summed E-state index contributed by atoms with van der Waals surface area (Å²) in [5.74, 6) is 1.32. The van der Waals surface area contributed by atoms with Crippen molar-refractivity contribution in [3.63, 3.8) is 0 Å². The van der Waals surface area contributed by atoms with E-state index in [1.165, 1.54) is 45.1 Å². The van der Waals surface area contributed by atoms with Gasteiger partial charge in [0.2, 0.25) is 0 Å². The minimum atomic E-state index is -0.561. The van der Waals surface area contributed by atoms with E-state index >= 15 is 0 Å². The Morgan fingerprint density at radius 1 is 0.923 bits per heavy atom. The van der Waals surface area contributed by atoms with Gasteiger partial charge in [0.05, 0.1) is 18.4 Å². The van der Waals surface area contributed by atoms with E-state index in [4.69, 9.17) is 0 Å². The van der Waals surface area contributed by atoms with Crippen LogP contribution in [-0.4, -0.2) is 66.7 Å². The first-order valence-electron chi connectivity index (χ1n) is 11.2. The van der Waals surface area contributed by atoms with Gasteiger partial charge in [0.1, 0.15) is 6.17 Å². The van der Waals surface area contributed by atoms with Gasteiger partial charge in [-0.05, 0) is 69.9 Å². The van der Waals surface area contributed by atoms with Crippen LogP contribution in [0.2, 0.25) is 0 Å². The van der Waals surface area contributed by atoms with Gasteiger partial charge in [-0.1, -0.05) is 12.8 Å². The lowest BCUT2D eigenvalue weighted by atomic mass is 9.71. The fourth-order valence-electron chi connectivity index (χ4n) is 6.58. The van der Waals surface area contributed by atoms with E-state index in [2.05, 4.69) is 26.0 Å². The summed E-state index contributed by atoms with van der Waals surface area (Å²) in [6.45, 7) is 4.45. The van der Waals surface area contributed by atoms with Crippen LogP contribution in [0.3, 0.4) is 0 Å². The lowest BCUT2D eigenvalue weighted by Crippen LogP contribution is -2.65. The number of hydrogen-bond acceptors (Lipinski definition) is 5. The predicted molar refractivity (Wildman–Crippen MR) is 101 cm³/mol. The third-order valence-corrected chi connectivity index (χ3v) is 7.87. The van der Waals surface area contributed by atoms with Crippen LogP contribution in [0.25, 0.3) is 0 Å². The van der Waals surface area contributed by atoms with Gasteiger partial charge in [-0.3, -0.25) is 15.6 Å². The number of hydrogen-bond donors (Lipinski definition) is 3. The fourth-order valence-corrected chi connectivity index (χ4v) is 6.58. The van der Waals surface area contributed by atoms with Crippen molar-refractivity contribution in [2.75, 3.05) is 26.2 Å². The van der Waals surface area contributed by atoms with Crippen LogP contribution in [-0.2, 0) is 0 Å². The molecule has 3 N–H and O–H groups in total. The molecule has 0 aromatic rings. The first kappa shape index (κ1) is 17.8. The van der Waals surface area contributed by atoms with E-state index in [-0.39, 0.29) is 0 Å². The van der Waals surface area contributed by atoms with E-state index in [1.54, 1.807) is 0 Å². The molecule has 6 heteroatoms. The normalized spacial score (nSPS) is 48.1. The highest BCUT2D eigenvalue weighted by molar-refractivity contribution is 4.99. The standard InChI is InChI=1S/C20H36FN5/c21-15-7-6-14-4-1-2-9-22-17-13-23-26-11-8-19(24-20(17)26)25-10-3-5-18(25)16(14)12-15/h14-20,22-24H,1-13H2/t14?,15?,16?,17?,18-,19?,20?/m1/s1. The number of halogens is 1. The molecule has 5 rings (SSSR count). The highest BCUT2D eigenvalue weighted by atomic mass is 19.1. The van der Waals surface area contributed by atoms with Gasteiger partial charge >= 0.3 is 0 Å². The minimum absolute atomic E-state index is 0.395. The summed E-state index contributed by atoms with van der Waals surface area (Å²) in [5.41, 5.74) is 3.58. The summed E-state index contributed by atoms with van der Waals surface area (Å²) in [6, 6.07) is 1.10. The highest BCUT2D eigenvalue weighted by Crippen LogP contribution is 2.42. The quantitative estimate of drug-likeness (QED) is 0.611. The van der Waals surface area contributed by atoms with Crippen LogP contribution in [0, 0.1) is 11.8 Å². The second kappa shape index (κ2) is 7.63. The van der Waals surface area contributed by atoms with Crippen molar-refractivity contribution in [1.29, 1.82) is 0 Å². The average Bonchev–Trinajstić information content (AvgIpc) is 3.28.